The molecule has 2 atom stereocenters. The maximum absolute atomic E-state index is 13.0. The van der Waals surface area contributed by atoms with Gasteiger partial charge in [0.15, 0.2) is 11.6 Å². The first-order chi connectivity index (χ1) is 25.3. The molecule has 2 aliphatic heterocycles. The Bertz CT molecular complexity index is 2060. The van der Waals surface area contributed by atoms with E-state index >= 15 is 0 Å². The second-order valence-electron chi connectivity index (χ2n) is 13.5. The molecule has 19 heteroatoms. The Morgan fingerprint density at radius 3 is 1.83 bits per heavy atom. The number of nitrogens with two attached hydrogens (primary N) is 1. The minimum absolute atomic E-state index is 0.0469. The fourth-order valence-electron chi connectivity index (χ4n) is 5.56. The number of tetrazole rings is 2. The number of ether oxygens (including phenoxy) is 2. The molecule has 4 aromatic rings. The summed E-state index contributed by atoms with van der Waals surface area (Å²) in [4.78, 5) is 40.4. The third-order valence-electron chi connectivity index (χ3n) is 8.22. The molecule has 4 heterocycles. The molecule has 0 aliphatic carbocycles. The smallest absolute Gasteiger partial charge is 0.252 e. The lowest BCUT2D eigenvalue weighted by Gasteiger charge is -2.23. The summed E-state index contributed by atoms with van der Waals surface area (Å²) in [6, 6.07) is 13.3. The molecule has 3 amide bonds. The Morgan fingerprint density at radius 1 is 0.849 bits per heavy atom. The zero-order valence-corrected chi connectivity index (χ0v) is 30.1. The molecule has 2 aromatic carbocycles. The molecule has 0 fully saturated rings. The number of aryl methyl sites for hydroxylation is 2. The average molecular weight is 725 g/mol. The van der Waals surface area contributed by atoms with E-state index in [4.69, 9.17) is 25.7 Å². The van der Waals surface area contributed by atoms with Gasteiger partial charge < -0.3 is 30.3 Å². The zero-order valence-electron chi connectivity index (χ0n) is 30.1. The second-order valence-corrected chi connectivity index (χ2v) is 13.5. The lowest BCUT2D eigenvalue weighted by Crippen LogP contribution is -2.49. The fraction of sp³-hybridized carbons (Fsp3) is 0.441. The minimum Gasteiger partial charge on any atom is -0.489 e. The van der Waals surface area contributed by atoms with Crippen molar-refractivity contribution in [1.29, 1.82) is 10.5 Å². The predicted molar refractivity (Wildman–Crippen MR) is 189 cm³/mol. The number of carbonyl (C=O) groups excluding carboxylic acids is 3. The van der Waals surface area contributed by atoms with Gasteiger partial charge >= 0.3 is 0 Å². The van der Waals surface area contributed by atoms with Gasteiger partial charge in [-0.2, -0.15) is 10.5 Å². The predicted octanol–water partition coefficient (Wildman–Crippen LogP) is 1.47. The van der Waals surface area contributed by atoms with E-state index in [1.54, 1.807) is 53.8 Å². The van der Waals surface area contributed by atoms with Gasteiger partial charge in [0.1, 0.15) is 36.8 Å². The molecule has 2 aromatic heterocycles. The zero-order chi connectivity index (χ0) is 38.3. The highest BCUT2D eigenvalue weighted by atomic mass is 16.5. The third kappa shape index (κ3) is 8.89. The molecule has 53 heavy (non-hydrogen) atoms. The van der Waals surface area contributed by atoms with Crippen LogP contribution in [0.5, 0.6) is 11.5 Å². The molecule has 6 rings (SSSR count). The van der Waals surface area contributed by atoms with E-state index in [1.807, 2.05) is 26.8 Å². The molecule has 0 unspecified atom stereocenters. The number of likely N-dealkylation sites (N-methyl/N-ethyl adjacent to an activating group) is 2. The molecule has 276 valence electrons. The van der Waals surface area contributed by atoms with E-state index in [9.17, 15) is 14.4 Å². The van der Waals surface area contributed by atoms with Gasteiger partial charge in [0, 0.05) is 31.6 Å². The van der Waals surface area contributed by atoms with Gasteiger partial charge in [-0.3, -0.25) is 14.4 Å². The van der Waals surface area contributed by atoms with Crippen LogP contribution in [0.4, 0.5) is 11.4 Å². The van der Waals surface area contributed by atoms with Crippen molar-refractivity contribution >= 4 is 29.1 Å². The van der Waals surface area contributed by atoms with Crippen LogP contribution >= 0.6 is 0 Å². The quantitative estimate of drug-likeness (QED) is 0.261. The van der Waals surface area contributed by atoms with Crippen LogP contribution in [0.25, 0.3) is 22.8 Å². The van der Waals surface area contributed by atoms with E-state index in [2.05, 4.69) is 48.5 Å². The maximum atomic E-state index is 13.0. The Hall–Kier alpha value is -6.47. The van der Waals surface area contributed by atoms with Crippen LogP contribution in [0.2, 0.25) is 0 Å². The number of fused-ring (bicyclic) bond motifs is 2. The van der Waals surface area contributed by atoms with E-state index in [0.717, 1.165) is 5.56 Å². The molecule has 0 spiro atoms. The summed E-state index contributed by atoms with van der Waals surface area (Å²) in [5, 5.41) is 43.4. The Balaban J connectivity index is 0.000000211. The van der Waals surface area contributed by atoms with Crippen LogP contribution in [0.1, 0.15) is 40.0 Å². The van der Waals surface area contributed by atoms with Gasteiger partial charge in [-0.15, -0.1) is 10.2 Å². The van der Waals surface area contributed by atoms with Crippen molar-refractivity contribution < 1.29 is 23.9 Å². The lowest BCUT2D eigenvalue weighted by molar-refractivity contribution is -0.129. The van der Waals surface area contributed by atoms with Crippen LogP contribution < -0.4 is 30.3 Å². The summed E-state index contributed by atoms with van der Waals surface area (Å²) >= 11 is 0. The summed E-state index contributed by atoms with van der Waals surface area (Å²) in [7, 11) is 3.29. The summed E-state index contributed by atoms with van der Waals surface area (Å²) in [6.07, 6.45) is 0.892. The van der Waals surface area contributed by atoms with Gasteiger partial charge in [0.2, 0.25) is 11.8 Å². The van der Waals surface area contributed by atoms with E-state index in [1.165, 1.54) is 9.80 Å². The number of anilines is 2. The Kier molecular flexibility index (Phi) is 11.6. The number of benzene rings is 2. The summed E-state index contributed by atoms with van der Waals surface area (Å²) < 4.78 is 14.5. The van der Waals surface area contributed by atoms with Gasteiger partial charge in [-0.25, -0.2) is 9.36 Å². The first kappa shape index (κ1) is 37.8. The number of hydrogen-bond donors (Lipinski definition) is 2. The number of carbonyl (C=O) groups is 3. The number of hydrogen-bond acceptors (Lipinski definition) is 14. The van der Waals surface area contributed by atoms with Crippen LogP contribution in [0.15, 0.2) is 36.4 Å². The van der Waals surface area contributed by atoms with Crippen molar-refractivity contribution in [3.8, 4) is 46.4 Å². The van der Waals surface area contributed by atoms with Crippen molar-refractivity contribution in [2.24, 2.45) is 11.1 Å². The van der Waals surface area contributed by atoms with Crippen LogP contribution in [-0.4, -0.2) is 97.5 Å². The lowest BCUT2D eigenvalue weighted by atomic mass is 9.92. The number of nitrogens with one attached hydrogen (secondary N) is 1. The van der Waals surface area contributed by atoms with Crippen molar-refractivity contribution in [1.82, 2.24) is 45.7 Å². The summed E-state index contributed by atoms with van der Waals surface area (Å²) in [5.41, 5.74) is 8.17. The van der Waals surface area contributed by atoms with Crippen molar-refractivity contribution in [2.75, 3.05) is 37.1 Å². The van der Waals surface area contributed by atoms with Gasteiger partial charge in [0.05, 0.1) is 49.4 Å². The topological polar surface area (TPSA) is 249 Å². The highest BCUT2D eigenvalue weighted by molar-refractivity contribution is 6.01. The van der Waals surface area contributed by atoms with Crippen LogP contribution in [-0.2, 0) is 27.5 Å². The second kappa shape index (κ2) is 16.3. The molecule has 0 radical (unpaired) electrons. The molecular weight excluding hydrogens is 684 g/mol. The normalized spacial score (nSPS) is 16.7. The minimum atomic E-state index is -0.776. The number of nitrogens with zero attached hydrogens (tertiary/aromatic N) is 12. The van der Waals surface area contributed by atoms with E-state index in [0.29, 0.717) is 66.0 Å². The first-order valence-electron chi connectivity index (χ1n) is 16.7. The molecule has 0 saturated heterocycles. The standard InChI is InChI=1S/C20H25N7O3.C14H15N7O2/c1-20(2,3)11-17(28)22-14-12-30-16-7-6-13(10-15(16)26(4)19(14)29)18-23-24-25-27(18)9-5-8-21;1-20-11-7-9(13-17-18-19-21(13)6-2-5-15)3-4-12(11)23-8-10(16)14(20)22/h6-7,10,14H,5,9,11-12H2,1-4H3,(H,22,28);3-4,7,10H,2,6,8,16H2,1H3/t14-;10-/m00/s1. The number of amides is 3. The van der Waals surface area contributed by atoms with Crippen molar-refractivity contribution in [2.45, 2.75) is 65.2 Å². The van der Waals surface area contributed by atoms with Crippen LogP contribution in [0.3, 0.4) is 0 Å². The van der Waals surface area contributed by atoms with E-state index in [-0.39, 0.29) is 42.8 Å². The summed E-state index contributed by atoms with van der Waals surface area (Å²) in [5.74, 6) is 1.45. The molecule has 2 aliphatic rings. The molecule has 0 saturated carbocycles. The summed E-state index contributed by atoms with van der Waals surface area (Å²) in [6.45, 7) is 6.83. The number of aromatic nitrogens is 8. The molecule has 19 nitrogen and oxygen atoms in total. The average Bonchev–Trinajstić information content (AvgIpc) is 3.77. The van der Waals surface area contributed by atoms with Crippen molar-refractivity contribution in [3.05, 3.63) is 36.4 Å². The fourth-order valence-corrected chi connectivity index (χ4v) is 5.56. The molecular formula is C34H40N14O5. The number of rotatable bonds is 8. The number of nitriles is 2. The Labute approximate surface area is 305 Å². The van der Waals surface area contributed by atoms with Gasteiger partial charge in [-0.1, -0.05) is 20.8 Å². The maximum Gasteiger partial charge on any atom is 0.252 e. The highest BCUT2D eigenvalue weighted by Crippen LogP contribution is 2.35. The third-order valence-corrected chi connectivity index (χ3v) is 8.22. The molecule has 0 bridgehead atoms. The van der Waals surface area contributed by atoms with Crippen molar-refractivity contribution in [3.63, 3.8) is 0 Å². The largest absolute Gasteiger partial charge is 0.489 e. The first-order valence-corrected chi connectivity index (χ1v) is 16.7. The van der Waals surface area contributed by atoms with Gasteiger partial charge in [-0.05, 0) is 62.7 Å². The SMILES string of the molecule is CN1C(=O)[C@@H](N)COc2ccc(-c3nnnn3CCC#N)cc21.CN1C(=O)[C@@H](NC(=O)CC(C)(C)C)COc2ccc(-c3nnnn3CCC#N)cc21. The van der Waals surface area contributed by atoms with Crippen LogP contribution in [0, 0.1) is 28.1 Å². The molecule has 3 N–H and O–H groups in total. The van der Waals surface area contributed by atoms with E-state index < -0.39 is 12.1 Å². The highest BCUT2D eigenvalue weighted by Gasteiger charge is 2.32. The van der Waals surface area contributed by atoms with Gasteiger partial charge in [0.25, 0.3) is 5.91 Å². The monoisotopic (exact) mass is 724 g/mol. The Morgan fingerprint density at radius 2 is 1.34 bits per heavy atom.